The summed E-state index contributed by atoms with van der Waals surface area (Å²) in [6.07, 6.45) is 3.91. The van der Waals surface area contributed by atoms with Gasteiger partial charge in [-0.15, -0.1) is 0 Å². The highest BCUT2D eigenvalue weighted by Gasteiger charge is 2.02. The van der Waals surface area contributed by atoms with Gasteiger partial charge >= 0.3 is 0 Å². The first-order valence-electron chi connectivity index (χ1n) is 7.81. The van der Waals surface area contributed by atoms with Crippen LogP contribution in [0.2, 0.25) is 0 Å². The highest BCUT2D eigenvalue weighted by Crippen LogP contribution is 2.18. The maximum Gasteiger partial charge on any atom is 0.252 e. The molecular weight excluding hydrogens is 278 g/mol. The number of unbranched alkanes of at least 4 members (excludes halogenated alkanes) is 1. The number of benzene rings is 1. The second-order valence-corrected chi connectivity index (χ2v) is 5.19. The third kappa shape index (κ3) is 4.91. The van der Waals surface area contributed by atoms with Crippen LogP contribution in [-0.4, -0.2) is 16.6 Å². The van der Waals surface area contributed by atoms with Crippen LogP contribution in [0.5, 0.6) is 5.75 Å². The quantitative estimate of drug-likeness (QED) is 0.781. The van der Waals surface area contributed by atoms with Crippen LogP contribution in [0.3, 0.4) is 0 Å². The fourth-order valence-corrected chi connectivity index (χ4v) is 2.04. The number of aromatic nitrogens is 2. The lowest BCUT2D eigenvalue weighted by Crippen LogP contribution is -2.12. The van der Waals surface area contributed by atoms with Crippen molar-refractivity contribution in [3.8, 4) is 5.75 Å². The predicted molar refractivity (Wildman–Crippen MR) is 89.0 cm³/mol. The predicted octanol–water partition coefficient (Wildman–Crippen LogP) is 3.64. The standard InChI is InChI=1S/C17H23N3O2/c1-3-5-6-14-12-16(21)20-17(19-14)18-13-7-9-15(10-8-13)22-11-4-2/h7-10,12H,3-6,11H2,1-2H3,(H2,18,19,20,21). The molecule has 2 aromatic rings. The zero-order valence-corrected chi connectivity index (χ0v) is 13.2. The number of ether oxygens (including phenoxy) is 1. The zero-order valence-electron chi connectivity index (χ0n) is 13.2. The van der Waals surface area contributed by atoms with E-state index in [1.165, 1.54) is 0 Å². The summed E-state index contributed by atoms with van der Waals surface area (Å²) in [6, 6.07) is 9.17. The first-order valence-corrected chi connectivity index (χ1v) is 7.81. The van der Waals surface area contributed by atoms with Gasteiger partial charge in [0.1, 0.15) is 5.75 Å². The smallest absolute Gasteiger partial charge is 0.252 e. The van der Waals surface area contributed by atoms with E-state index >= 15 is 0 Å². The number of aromatic amines is 1. The van der Waals surface area contributed by atoms with E-state index in [-0.39, 0.29) is 5.56 Å². The molecule has 2 N–H and O–H groups in total. The van der Waals surface area contributed by atoms with Crippen molar-refractivity contribution in [1.82, 2.24) is 9.97 Å². The Labute approximate surface area is 130 Å². The molecule has 0 atom stereocenters. The maximum atomic E-state index is 11.7. The number of rotatable bonds is 8. The fraction of sp³-hybridized carbons (Fsp3) is 0.412. The highest BCUT2D eigenvalue weighted by molar-refractivity contribution is 5.54. The summed E-state index contributed by atoms with van der Waals surface area (Å²) in [4.78, 5) is 18.8. The van der Waals surface area contributed by atoms with Crippen molar-refractivity contribution in [2.75, 3.05) is 11.9 Å². The molecule has 5 heteroatoms. The normalized spacial score (nSPS) is 10.5. The van der Waals surface area contributed by atoms with Crippen LogP contribution >= 0.6 is 0 Å². The van der Waals surface area contributed by atoms with Gasteiger partial charge in [0.15, 0.2) is 0 Å². The molecule has 1 heterocycles. The second-order valence-electron chi connectivity index (χ2n) is 5.19. The zero-order chi connectivity index (χ0) is 15.8. The molecule has 1 aromatic heterocycles. The number of aryl methyl sites for hydroxylation is 1. The molecule has 0 aliphatic heterocycles. The Hall–Kier alpha value is -2.30. The lowest BCUT2D eigenvalue weighted by atomic mass is 10.2. The highest BCUT2D eigenvalue weighted by atomic mass is 16.5. The lowest BCUT2D eigenvalue weighted by molar-refractivity contribution is 0.317. The number of H-pyrrole nitrogens is 1. The van der Waals surface area contributed by atoms with Crippen LogP contribution < -0.4 is 15.6 Å². The summed E-state index contributed by atoms with van der Waals surface area (Å²) in [5, 5.41) is 3.12. The van der Waals surface area contributed by atoms with Gasteiger partial charge in [0.05, 0.1) is 6.61 Å². The molecular formula is C17H23N3O2. The van der Waals surface area contributed by atoms with Crippen LogP contribution in [0.15, 0.2) is 35.1 Å². The van der Waals surface area contributed by atoms with Crippen molar-refractivity contribution in [1.29, 1.82) is 0 Å². The van der Waals surface area contributed by atoms with Crippen LogP contribution in [0.25, 0.3) is 0 Å². The van der Waals surface area contributed by atoms with E-state index in [9.17, 15) is 4.79 Å². The minimum Gasteiger partial charge on any atom is -0.494 e. The molecule has 0 bridgehead atoms. The molecule has 0 saturated heterocycles. The minimum absolute atomic E-state index is 0.133. The topological polar surface area (TPSA) is 67.0 Å². The summed E-state index contributed by atoms with van der Waals surface area (Å²) in [5.74, 6) is 1.31. The summed E-state index contributed by atoms with van der Waals surface area (Å²) in [5.41, 5.74) is 1.54. The molecule has 22 heavy (non-hydrogen) atoms. The van der Waals surface area contributed by atoms with Gasteiger partial charge in [-0.25, -0.2) is 4.98 Å². The molecule has 118 valence electrons. The van der Waals surface area contributed by atoms with Crippen molar-refractivity contribution >= 4 is 11.6 Å². The third-order valence-electron chi connectivity index (χ3n) is 3.17. The largest absolute Gasteiger partial charge is 0.494 e. The molecule has 0 radical (unpaired) electrons. The van der Waals surface area contributed by atoms with Gasteiger partial charge < -0.3 is 10.1 Å². The van der Waals surface area contributed by atoms with Crippen LogP contribution in [0, 0.1) is 0 Å². The third-order valence-corrected chi connectivity index (χ3v) is 3.17. The molecule has 0 amide bonds. The number of nitrogens with zero attached hydrogens (tertiary/aromatic N) is 1. The molecule has 0 aliphatic carbocycles. The van der Waals surface area contributed by atoms with Crippen molar-refractivity contribution in [3.63, 3.8) is 0 Å². The van der Waals surface area contributed by atoms with Crippen molar-refractivity contribution in [3.05, 3.63) is 46.4 Å². The SMILES string of the molecule is CCCCc1cc(=O)[nH]c(Nc2ccc(OCCC)cc2)n1. The van der Waals surface area contributed by atoms with Crippen LogP contribution in [0.1, 0.15) is 38.8 Å². The van der Waals surface area contributed by atoms with Gasteiger partial charge in [-0.2, -0.15) is 0 Å². The summed E-state index contributed by atoms with van der Waals surface area (Å²) in [7, 11) is 0. The Kier molecular flexibility index (Phi) is 6.01. The number of hydrogen-bond donors (Lipinski definition) is 2. The Balaban J connectivity index is 2.06. The first kappa shape index (κ1) is 16.1. The van der Waals surface area contributed by atoms with E-state index in [0.29, 0.717) is 12.6 Å². The van der Waals surface area contributed by atoms with Crippen molar-refractivity contribution in [2.45, 2.75) is 39.5 Å². The number of anilines is 2. The maximum absolute atomic E-state index is 11.7. The summed E-state index contributed by atoms with van der Waals surface area (Å²) in [6.45, 7) is 4.90. The number of hydrogen-bond acceptors (Lipinski definition) is 4. The van der Waals surface area contributed by atoms with E-state index < -0.39 is 0 Å². The first-order chi connectivity index (χ1) is 10.7. The Morgan fingerprint density at radius 3 is 2.64 bits per heavy atom. The molecule has 1 aromatic carbocycles. The monoisotopic (exact) mass is 301 g/mol. The molecule has 0 aliphatic rings. The molecule has 5 nitrogen and oxygen atoms in total. The molecule has 2 rings (SSSR count). The van der Waals surface area contributed by atoms with Gasteiger partial charge in [0, 0.05) is 17.4 Å². The van der Waals surface area contributed by atoms with Gasteiger partial charge in [0.2, 0.25) is 5.95 Å². The average Bonchev–Trinajstić information content (AvgIpc) is 2.52. The fourth-order valence-electron chi connectivity index (χ4n) is 2.04. The molecule has 0 spiro atoms. The Morgan fingerprint density at radius 1 is 1.18 bits per heavy atom. The minimum atomic E-state index is -0.133. The van der Waals surface area contributed by atoms with Gasteiger partial charge in [-0.3, -0.25) is 9.78 Å². The van der Waals surface area contributed by atoms with E-state index in [1.54, 1.807) is 6.07 Å². The summed E-state index contributed by atoms with van der Waals surface area (Å²) < 4.78 is 5.54. The van der Waals surface area contributed by atoms with Crippen molar-refractivity contribution in [2.24, 2.45) is 0 Å². The van der Waals surface area contributed by atoms with E-state index in [2.05, 4.69) is 29.1 Å². The van der Waals surface area contributed by atoms with Crippen molar-refractivity contribution < 1.29 is 4.74 Å². The Bertz CT molecular complexity index is 635. The second kappa shape index (κ2) is 8.22. The van der Waals surface area contributed by atoms with Crippen LogP contribution in [-0.2, 0) is 6.42 Å². The molecule has 0 saturated carbocycles. The van der Waals surface area contributed by atoms with E-state index in [0.717, 1.165) is 42.8 Å². The van der Waals surface area contributed by atoms with Gasteiger partial charge in [-0.1, -0.05) is 20.3 Å². The van der Waals surface area contributed by atoms with Gasteiger partial charge in [-0.05, 0) is 43.5 Å². The summed E-state index contributed by atoms with van der Waals surface area (Å²) >= 11 is 0. The van der Waals surface area contributed by atoms with E-state index in [4.69, 9.17) is 4.74 Å². The van der Waals surface area contributed by atoms with Crippen LogP contribution in [0.4, 0.5) is 11.6 Å². The molecule has 0 fully saturated rings. The molecule has 0 unspecified atom stereocenters. The Morgan fingerprint density at radius 2 is 1.95 bits per heavy atom. The number of nitrogens with one attached hydrogen (secondary N) is 2. The van der Waals surface area contributed by atoms with E-state index in [1.807, 2.05) is 24.3 Å². The van der Waals surface area contributed by atoms with Gasteiger partial charge in [0.25, 0.3) is 5.56 Å². The average molecular weight is 301 g/mol. The lowest BCUT2D eigenvalue weighted by Gasteiger charge is -2.08.